The van der Waals surface area contributed by atoms with Crippen molar-refractivity contribution < 1.29 is 9.53 Å². The van der Waals surface area contributed by atoms with Crippen LogP contribution in [0.5, 0.6) is 5.75 Å². The molecule has 0 atom stereocenters. The highest BCUT2D eigenvalue weighted by Gasteiger charge is 2.17. The smallest absolute Gasteiger partial charge is 0.264 e. The highest BCUT2D eigenvalue weighted by Crippen LogP contribution is 2.20. The van der Waals surface area contributed by atoms with Crippen LogP contribution in [-0.2, 0) is 13.2 Å². The lowest BCUT2D eigenvalue weighted by Gasteiger charge is -2.20. The van der Waals surface area contributed by atoms with Crippen molar-refractivity contribution in [2.75, 3.05) is 6.54 Å². The van der Waals surface area contributed by atoms with Crippen molar-refractivity contribution in [2.24, 2.45) is 0 Å². The number of halogens is 1. The van der Waals surface area contributed by atoms with Crippen molar-refractivity contribution in [2.45, 2.75) is 26.5 Å². The lowest BCUT2D eigenvalue weighted by atomic mass is 10.3. The van der Waals surface area contributed by atoms with Crippen LogP contribution in [0.15, 0.2) is 47.2 Å². The first-order chi connectivity index (χ1) is 12.7. The summed E-state index contributed by atoms with van der Waals surface area (Å²) in [6, 6.07) is 11.1. The van der Waals surface area contributed by atoms with Crippen LogP contribution in [0.3, 0.4) is 0 Å². The summed E-state index contributed by atoms with van der Waals surface area (Å²) >= 11 is 8.97. The van der Waals surface area contributed by atoms with Crippen molar-refractivity contribution in [3.05, 3.63) is 67.8 Å². The molecule has 7 heteroatoms. The van der Waals surface area contributed by atoms with Gasteiger partial charge in [0.15, 0.2) is 0 Å². The number of aromatic nitrogens is 1. The second-order valence-corrected chi connectivity index (χ2v) is 8.01. The minimum Gasteiger partial charge on any atom is -0.486 e. The van der Waals surface area contributed by atoms with Gasteiger partial charge >= 0.3 is 0 Å². The largest absolute Gasteiger partial charge is 0.486 e. The Hall–Kier alpha value is -1.89. The predicted molar refractivity (Wildman–Crippen MR) is 107 cm³/mol. The van der Waals surface area contributed by atoms with Gasteiger partial charge in [-0.15, -0.1) is 22.7 Å². The van der Waals surface area contributed by atoms with E-state index in [2.05, 4.69) is 11.9 Å². The van der Waals surface area contributed by atoms with Crippen LogP contribution in [0.2, 0.25) is 5.02 Å². The summed E-state index contributed by atoms with van der Waals surface area (Å²) in [6.07, 6.45) is 0.909. The van der Waals surface area contributed by atoms with Crippen LogP contribution in [0, 0.1) is 0 Å². The molecule has 0 bridgehead atoms. The van der Waals surface area contributed by atoms with Crippen molar-refractivity contribution in [3.63, 3.8) is 0 Å². The number of nitrogens with zero attached hydrogens (tertiary/aromatic N) is 2. The summed E-state index contributed by atoms with van der Waals surface area (Å²) in [7, 11) is 0. The van der Waals surface area contributed by atoms with E-state index in [1.165, 1.54) is 22.7 Å². The third-order valence-corrected chi connectivity index (χ3v) is 5.59. The minimum absolute atomic E-state index is 0.0616. The number of carbonyl (C=O) groups is 1. The van der Waals surface area contributed by atoms with E-state index in [9.17, 15) is 4.79 Å². The van der Waals surface area contributed by atoms with Gasteiger partial charge in [0.2, 0.25) is 0 Å². The average Bonchev–Trinajstić information content (AvgIpc) is 3.31. The minimum atomic E-state index is 0.0616. The maximum Gasteiger partial charge on any atom is 0.264 e. The van der Waals surface area contributed by atoms with Crippen molar-refractivity contribution in [1.29, 1.82) is 0 Å². The van der Waals surface area contributed by atoms with Gasteiger partial charge in [-0.25, -0.2) is 4.98 Å². The van der Waals surface area contributed by atoms with E-state index in [1.54, 1.807) is 6.07 Å². The molecule has 0 saturated heterocycles. The number of benzene rings is 1. The topological polar surface area (TPSA) is 42.4 Å². The first-order valence-electron chi connectivity index (χ1n) is 8.30. The Morgan fingerprint density at radius 3 is 2.88 bits per heavy atom. The van der Waals surface area contributed by atoms with Gasteiger partial charge in [0, 0.05) is 16.9 Å². The zero-order valence-corrected chi connectivity index (χ0v) is 16.7. The molecule has 136 valence electrons. The van der Waals surface area contributed by atoms with Crippen LogP contribution >= 0.6 is 34.3 Å². The van der Waals surface area contributed by atoms with E-state index in [0.717, 1.165) is 27.7 Å². The second-order valence-electron chi connectivity index (χ2n) is 5.68. The molecule has 0 radical (unpaired) electrons. The molecule has 3 aromatic rings. The van der Waals surface area contributed by atoms with Crippen molar-refractivity contribution in [3.8, 4) is 5.75 Å². The number of hydrogen-bond donors (Lipinski definition) is 0. The highest BCUT2D eigenvalue weighted by molar-refractivity contribution is 7.12. The van der Waals surface area contributed by atoms with Crippen molar-refractivity contribution >= 4 is 40.2 Å². The van der Waals surface area contributed by atoms with Gasteiger partial charge in [0.05, 0.1) is 17.1 Å². The van der Waals surface area contributed by atoms with Crippen LogP contribution in [-0.4, -0.2) is 22.3 Å². The molecule has 0 aliphatic rings. The average molecular weight is 407 g/mol. The Labute approximate surface area is 166 Å². The molecule has 26 heavy (non-hydrogen) atoms. The molecule has 1 amide bonds. The summed E-state index contributed by atoms with van der Waals surface area (Å²) in [5.74, 6) is 0.779. The standard InChI is InChI=1S/C19H19ClN2O2S2/c1-2-8-22(19(23)17-7-4-9-25-17)11-15-13-26-18(21-15)12-24-16-6-3-5-14(20)10-16/h3-7,9-10,13H,2,8,11-12H2,1H3. The van der Waals surface area contributed by atoms with Gasteiger partial charge in [-0.05, 0) is 36.1 Å². The molecule has 0 N–H and O–H groups in total. The Balaban J connectivity index is 1.61. The van der Waals surface area contributed by atoms with Gasteiger partial charge in [-0.3, -0.25) is 4.79 Å². The highest BCUT2D eigenvalue weighted by atomic mass is 35.5. The summed E-state index contributed by atoms with van der Waals surface area (Å²) in [6.45, 7) is 3.68. The number of thiazole rings is 1. The molecule has 4 nitrogen and oxygen atoms in total. The number of hydrogen-bond acceptors (Lipinski definition) is 5. The Morgan fingerprint density at radius 2 is 2.15 bits per heavy atom. The summed E-state index contributed by atoms with van der Waals surface area (Å²) in [5, 5.41) is 5.43. The van der Waals surface area contributed by atoms with E-state index in [4.69, 9.17) is 16.3 Å². The lowest BCUT2D eigenvalue weighted by Crippen LogP contribution is -2.30. The van der Waals surface area contributed by atoms with Gasteiger partial charge in [0.1, 0.15) is 17.4 Å². The molecule has 2 heterocycles. The first kappa shape index (κ1) is 18.9. The molecule has 0 aliphatic carbocycles. The fourth-order valence-electron chi connectivity index (χ4n) is 2.46. The maximum atomic E-state index is 12.6. The predicted octanol–water partition coefficient (Wildman–Crippen LogP) is 5.49. The van der Waals surface area contributed by atoms with Crippen LogP contribution in [0.1, 0.15) is 33.7 Å². The van der Waals surface area contributed by atoms with E-state index < -0.39 is 0 Å². The molecule has 0 aliphatic heterocycles. The third-order valence-electron chi connectivity index (χ3n) is 3.62. The van der Waals surface area contributed by atoms with E-state index >= 15 is 0 Å². The van der Waals surface area contributed by atoms with Gasteiger partial charge in [-0.2, -0.15) is 0 Å². The SMILES string of the molecule is CCCN(Cc1csc(COc2cccc(Cl)c2)n1)C(=O)c1cccs1. The Morgan fingerprint density at radius 1 is 1.27 bits per heavy atom. The first-order valence-corrected chi connectivity index (χ1v) is 10.4. The van der Waals surface area contributed by atoms with Crippen LogP contribution in [0.25, 0.3) is 0 Å². The molecule has 2 aromatic heterocycles. The summed E-state index contributed by atoms with van der Waals surface area (Å²) < 4.78 is 5.73. The number of ether oxygens (including phenoxy) is 1. The molecular formula is C19H19ClN2O2S2. The quantitative estimate of drug-likeness (QED) is 0.496. The lowest BCUT2D eigenvalue weighted by molar-refractivity contribution is 0.0746. The van der Waals surface area contributed by atoms with Gasteiger partial charge in [-0.1, -0.05) is 30.7 Å². The fourth-order valence-corrected chi connectivity index (χ4v) is 4.03. The third kappa shape index (κ3) is 5.06. The summed E-state index contributed by atoms with van der Waals surface area (Å²) in [4.78, 5) is 19.8. The molecule has 0 spiro atoms. The van der Waals surface area contributed by atoms with E-state index in [-0.39, 0.29) is 5.91 Å². The molecule has 0 unspecified atom stereocenters. The Kier molecular flexibility index (Phi) is 6.66. The normalized spacial score (nSPS) is 10.7. The molecule has 0 fully saturated rings. The van der Waals surface area contributed by atoms with Crippen LogP contribution in [0.4, 0.5) is 0 Å². The monoisotopic (exact) mass is 406 g/mol. The number of rotatable bonds is 8. The molecular weight excluding hydrogens is 388 g/mol. The Bertz CT molecular complexity index is 849. The van der Waals surface area contributed by atoms with Gasteiger partial charge < -0.3 is 9.64 Å². The van der Waals surface area contributed by atoms with E-state index in [1.807, 2.05) is 46.0 Å². The van der Waals surface area contributed by atoms with Crippen molar-refractivity contribution in [1.82, 2.24) is 9.88 Å². The van der Waals surface area contributed by atoms with Gasteiger partial charge in [0.25, 0.3) is 5.91 Å². The number of thiophene rings is 1. The van der Waals surface area contributed by atoms with Crippen LogP contribution < -0.4 is 4.74 Å². The molecule has 1 aromatic carbocycles. The molecule has 3 rings (SSSR count). The van der Waals surface area contributed by atoms with E-state index in [0.29, 0.717) is 24.7 Å². The maximum absolute atomic E-state index is 12.6. The number of carbonyl (C=O) groups excluding carboxylic acids is 1. The fraction of sp³-hybridized carbons (Fsp3) is 0.263. The second kappa shape index (κ2) is 9.16. The molecule has 0 saturated carbocycles. The zero-order chi connectivity index (χ0) is 18.4. The zero-order valence-electron chi connectivity index (χ0n) is 14.4. The summed E-state index contributed by atoms with van der Waals surface area (Å²) in [5.41, 5.74) is 0.887. The number of amides is 1.